The molecule has 4 heteroatoms. The van der Waals surface area contributed by atoms with Gasteiger partial charge >= 0.3 is 5.97 Å². The number of esters is 1. The van der Waals surface area contributed by atoms with E-state index < -0.39 is 0 Å². The van der Waals surface area contributed by atoms with Crippen molar-refractivity contribution >= 4 is 12.0 Å². The molecule has 0 radical (unpaired) electrons. The number of benzene rings is 1. The predicted octanol–water partition coefficient (Wildman–Crippen LogP) is 2.24. The fraction of sp³-hybridized carbons (Fsp3) is 0.250. The average Bonchev–Trinajstić information content (AvgIpc) is 2.29. The highest BCUT2D eigenvalue weighted by atomic mass is 16.5. The van der Waals surface area contributed by atoms with Gasteiger partial charge in [0.1, 0.15) is 11.5 Å². The maximum Gasteiger partial charge on any atom is 0.307 e. The van der Waals surface area contributed by atoms with Crippen molar-refractivity contribution in [3.8, 4) is 11.5 Å². The summed E-state index contributed by atoms with van der Waals surface area (Å²) in [7, 11) is 3.15. The number of rotatable bonds is 4. The summed E-state index contributed by atoms with van der Waals surface area (Å²) in [6, 6.07) is 5.38. The Bertz CT molecular complexity index is 396. The first-order chi connectivity index (χ1) is 7.67. The van der Waals surface area contributed by atoms with E-state index in [1.165, 1.54) is 13.2 Å². The Morgan fingerprint density at radius 3 is 2.56 bits per heavy atom. The van der Waals surface area contributed by atoms with Crippen molar-refractivity contribution in [3.63, 3.8) is 0 Å². The summed E-state index contributed by atoms with van der Waals surface area (Å²) in [5.74, 6) is 1.01. The normalized spacial score (nSPS) is 10.2. The average molecular weight is 222 g/mol. The molecule has 0 atom stereocenters. The highest BCUT2D eigenvalue weighted by Crippen LogP contribution is 2.25. The van der Waals surface area contributed by atoms with Gasteiger partial charge in [0.15, 0.2) is 0 Å². The lowest BCUT2D eigenvalue weighted by Gasteiger charge is -2.06. The Labute approximate surface area is 94.4 Å². The molecular formula is C12H14O4. The van der Waals surface area contributed by atoms with Gasteiger partial charge in [-0.1, -0.05) is 0 Å². The van der Waals surface area contributed by atoms with E-state index in [0.29, 0.717) is 11.5 Å². The summed E-state index contributed by atoms with van der Waals surface area (Å²) in [5, 5.41) is 0. The van der Waals surface area contributed by atoms with Crippen LogP contribution in [0.4, 0.5) is 0 Å². The molecule has 0 aliphatic rings. The van der Waals surface area contributed by atoms with Gasteiger partial charge in [-0.15, -0.1) is 0 Å². The third-order valence-corrected chi connectivity index (χ3v) is 1.92. The first-order valence-electron chi connectivity index (χ1n) is 4.73. The molecule has 1 rings (SSSR count). The van der Waals surface area contributed by atoms with Gasteiger partial charge in [0.05, 0.1) is 20.5 Å². The van der Waals surface area contributed by atoms with E-state index in [4.69, 9.17) is 14.2 Å². The van der Waals surface area contributed by atoms with Crippen LogP contribution in [0.3, 0.4) is 0 Å². The van der Waals surface area contributed by atoms with E-state index in [-0.39, 0.29) is 5.97 Å². The molecule has 0 saturated carbocycles. The maximum absolute atomic E-state index is 10.6. The molecule has 0 heterocycles. The molecule has 0 unspecified atom stereocenters. The van der Waals surface area contributed by atoms with Crippen LogP contribution in [0.2, 0.25) is 0 Å². The predicted molar refractivity (Wildman–Crippen MR) is 60.3 cm³/mol. The van der Waals surface area contributed by atoms with E-state index >= 15 is 0 Å². The van der Waals surface area contributed by atoms with Crippen LogP contribution in [0, 0.1) is 0 Å². The van der Waals surface area contributed by atoms with Crippen LogP contribution in [0.1, 0.15) is 12.5 Å². The highest BCUT2D eigenvalue weighted by molar-refractivity contribution is 5.68. The number of ether oxygens (including phenoxy) is 3. The van der Waals surface area contributed by atoms with Gasteiger partial charge in [0.2, 0.25) is 0 Å². The zero-order chi connectivity index (χ0) is 12.0. The van der Waals surface area contributed by atoms with Crippen molar-refractivity contribution in [2.75, 3.05) is 14.2 Å². The van der Waals surface area contributed by atoms with Crippen molar-refractivity contribution in [2.45, 2.75) is 6.92 Å². The molecule has 16 heavy (non-hydrogen) atoms. The number of hydrogen-bond donors (Lipinski definition) is 0. The Morgan fingerprint density at radius 2 is 2.00 bits per heavy atom. The molecular weight excluding hydrogens is 208 g/mol. The summed E-state index contributed by atoms with van der Waals surface area (Å²) in [6.07, 6.45) is 2.98. The lowest BCUT2D eigenvalue weighted by Crippen LogP contribution is -1.91. The molecule has 0 aliphatic carbocycles. The number of methoxy groups -OCH3 is 2. The molecule has 0 bridgehead atoms. The third kappa shape index (κ3) is 3.31. The monoisotopic (exact) mass is 222 g/mol. The van der Waals surface area contributed by atoms with Crippen LogP contribution in [0.5, 0.6) is 11.5 Å². The van der Waals surface area contributed by atoms with Gasteiger partial charge < -0.3 is 14.2 Å². The van der Waals surface area contributed by atoms with E-state index in [1.54, 1.807) is 32.4 Å². The summed E-state index contributed by atoms with van der Waals surface area (Å²) < 4.78 is 14.9. The zero-order valence-corrected chi connectivity index (χ0v) is 9.52. The summed E-state index contributed by atoms with van der Waals surface area (Å²) in [6.45, 7) is 1.34. The molecule has 4 nitrogen and oxygen atoms in total. The Balaban J connectivity index is 2.87. The van der Waals surface area contributed by atoms with Crippen molar-refractivity contribution < 1.29 is 19.0 Å². The van der Waals surface area contributed by atoms with E-state index in [9.17, 15) is 4.79 Å². The topological polar surface area (TPSA) is 44.8 Å². The van der Waals surface area contributed by atoms with Gasteiger partial charge in [-0.3, -0.25) is 4.79 Å². The van der Waals surface area contributed by atoms with Gasteiger partial charge in [0, 0.05) is 18.6 Å². The summed E-state index contributed by atoms with van der Waals surface area (Å²) in [5.41, 5.74) is 0.810. The molecule has 0 spiro atoms. The highest BCUT2D eigenvalue weighted by Gasteiger charge is 2.01. The molecule has 0 N–H and O–H groups in total. The quantitative estimate of drug-likeness (QED) is 0.579. The summed E-state index contributed by atoms with van der Waals surface area (Å²) in [4.78, 5) is 10.6. The molecule has 86 valence electrons. The van der Waals surface area contributed by atoms with Crippen LogP contribution in [0.25, 0.3) is 6.08 Å². The van der Waals surface area contributed by atoms with Crippen LogP contribution in [-0.2, 0) is 9.53 Å². The van der Waals surface area contributed by atoms with Crippen LogP contribution >= 0.6 is 0 Å². The fourth-order valence-corrected chi connectivity index (χ4v) is 1.16. The second-order valence-electron chi connectivity index (χ2n) is 3.02. The van der Waals surface area contributed by atoms with E-state index in [0.717, 1.165) is 5.56 Å². The van der Waals surface area contributed by atoms with Gasteiger partial charge in [-0.05, 0) is 18.2 Å². The van der Waals surface area contributed by atoms with Crippen molar-refractivity contribution in [2.24, 2.45) is 0 Å². The molecule has 0 amide bonds. The minimum atomic E-state index is -0.358. The Morgan fingerprint density at radius 1 is 1.25 bits per heavy atom. The number of carbonyl (C=O) groups excluding carboxylic acids is 1. The third-order valence-electron chi connectivity index (χ3n) is 1.92. The van der Waals surface area contributed by atoms with Gasteiger partial charge in [-0.25, -0.2) is 0 Å². The van der Waals surface area contributed by atoms with E-state index in [2.05, 4.69) is 0 Å². The summed E-state index contributed by atoms with van der Waals surface area (Å²) >= 11 is 0. The molecule has 0 fully saturated rings. The lowest BCUT2D eigenvalue weighted by atomic mass is 10.2. The van der Waals surface area contributed by atoms with Gasteiger partial charge in [-0.2, -0.15) is 0 Å². The minimum Gasteiger partial charge on any atom is -0.497 e. The second kappa shape index (κ2) is 5.80. The number of hydrogen-bond acceptors (Lipinski definition) is 4. The standard InChI is InChI=1S/C12H14O4/c1-9(13)16-7-6-10-4-5-11(14-2)8-12(10)15-3/h4-8H,1-3H3/b7-6+. The SMILES string of the molecule is COc1ccc(/C=C/OC(C)=O)c(OC)c1. The van der Waals surface area contributed by atoms with Crippen LogP contribution in [0.15, 0.2) is 24.5 Å². The van der Waals surface area contributed by atoms with Crippen molar-refractivity contribution in [1.82, 2.24) is 0 Å². The molecule has 1 aromatic rings. The van der Waals surface area contributed by atoms with Crippen LogP contribution in [-0.4, -0.2) is 20.2 Å². The zero-order valence-electron chi connectivity index (χ0n) is 9.52. The molecule has 0 aliphatic heterocycles. The second-order valence-corrected chi connectivity index (χ2v) is 3.02. The van der Waals surface area contributed by atoms with Crippen molar-refractivity contribution in [1.29, 1.82) is 0 Å². The molecule has 0 saturated heterocycles. The maximum atomic E-state index is 10.6. The first kappa shape index (κ1) is 12.1. The molecule has 0 aromatic heterocycles. The Hall–Kier alpha value is -1.97. The van der Waals surface area contributed by atoms with Crippen LogP contribution < -0.4 is 9.47 Å². The Kier molecular flexibility index (Phi) is 4.39. The number of carbonyl (C=O) groups is 1. The fourth-order valence-electron chi connectivity index (χ4n) is 1.16. The lowest BCUT2D eigenvalue weighted by molar-refractivity contribution is -0.135. The first-order valence-corrected chi connectivity index (χ1v) is 4.73. The smallest absolute Gasteiger partial charge is 0.307 e. The van der Waals surface area contributed by atoms with Crippen molar-refractivity contribution in [3.05, 3.63) is 30.0 Å². The minimum absolute atomic E-state index is 0.358. The van der Waals surface area contributed by atoms with Gasteiger partial charge in [0.25, 0.3) is 0 Å². The largest absolute Gasteiger partial charge is 0.497 e. The molecule has 1 aromatic carbocycles. The van der Waals surface area contributed by atoms with E-state index in [1.807, 2.05) is 6.07 Å².